The number of aromatic nitrogens is 4. The Kier molecular flexibility index (Phi) is 8.63. The number of aliphatic hydroxyl groups is 1. The van der Waals surface area contributed by atoms with Crippen molar-refractivity contribution in [2.45, 2.75) is 63.1 Å². The van der Waals surface area contributed by atoms with E-state index in [4.69, 9.17) is 9.47 Å². The van der Waals surface area contributed by atoms with Crippen molar-refractivity contribution in [2.75, 3.05) is 24.4 Å². The van der Waals surface area contributed by atoms with E-state index in [0.717, 1.165) is 33.5 Å². The van der Waals surface area contributed by atoms with Gasteiger partial charge in [-0.25, -0.2) is 0 Å². The van der Waals surface area contributed by atoms with Crippen LogP contribution in [0.2, 0.25) is 18.6 Å². The number of anilines is 2. The summed E-state index contributed by atoms with van der Waals surface area (Å²) in [6, 6.07) is 21.8. The molecule has 2 aromatic heterocycles. The molecule has 1 fully saturated rings. The molecule has 4 heterocycles. The lowest BCUT2D eigenvalue weighted by Gasteiger charge is -2.37. The number of benzene rings is 3. The van der Waals surface area contributed by atoms with E-state index in [-0.39, 0.29) is 42.4 Å². The standard InChI is InChI=1S/C37H42N6O5Si/c1-23-35(49(3,4)28-12-10-27(47-2)11-13-28)33(15-17-43-22-26(16-18-44)41-42-43)48-37(23)30-20-25(9-14-32(30)40-36(37)46)39-34(45)19-24-21-38-31-8-6-5-7-29(24)31/h5-14,20-23,33,35,38,44H,15-19H2,1-4H3,(H,39,45)(H,40,46)/t23-,33+,35-,37+/m1/s1. The van der Waals surface area contributed by atoms with Crippen LogP contribution in [-0.2, 0) is 39.3 Å². The summed E-state index contributed by atoms with van der Waals surface area (Å²) in [5.74, 6) is 0.287. The molecule has 0 radical (unpaired) electrons. The zero-order valence-electron chi connectivity index (χ0n) is 28.2. The van der Waals surface area contributed by atoms with Gasteiger partial charge in [-0.3, -0.25) is 14.3 Å². The van der Waals surface area contributed by atoms with Gasteiger partial charge >= 0.3 is 0 Å². The van der Waals surface area contributed by atoms with E-state index in [9.17, 15) is 14.7 Å². The fourth-order valence-corrected chi connectivity index (χ4v) is 12.1. The number of fused-ring (bicyclic) bond motifs is 3. The van der Waals surface area contributed by atoms with Gasteiger partial charge in [-0.05, 0) is 53.9 Å². The Morgan fingerprint density at radius 3 is 2.71 bits per heavy atom. The number of H-pyrrole nitrogens is 1. The monoisotopic (exact) mass is 678 g/mol. The van der Waals surface area contributed by atoms with Crippen LogP contribution in [0.5, 0.6) is 5.75 Å². The highest BCUT2D eigenvalue weighted by Gasteiger charge is 2.64. The number of hydrogen-bond acceptors (Lipinski definition) is 7. The molecule has 4 N–H and O–H groups in total. The minimum absolute atomic E-state index is 0.00811. The number of rotatable bonds is 11. The molecule has 5 aromatic rings. The summed E-state index contributed by atoms with van der Waals surface area (Å²) in [5.41, 5.74) is 3.51. The molecule has 1 spiro atoms. The zero-order chi connectivity index (χ0) is 34.3. The molecule has 0 aliphatic carbocycles. The SMILES string of the molecule is COc1ccc([Si](C)(C)[C@H]2[C@H](CCn3cc(CCO)nn3)O[C@@]3(C(=O)Nc4ccc(NC(=O)Cc5c[nH]c6ccccc56)cc43)[C@@H]2C)cc1. The first-order valence-electron chi connectivity index (χ1n) is 16.8. The van der Waals surface area contributed by atoms with Crippen LogP contribution in [0.3, 0.4) is 0 Å². The minimum atomic E-state index is -2.31. The average molecular weight is 679 g/mol. The molecule has 2 aliphatic heterocycles. The highest BCUT2D eigenvalue weighted by molar-refractivity contribution is 6.91. The molecule has 7 rings (SSSR count). The molecule has 2 amide bonds. The number of amides is 2. The lowest BCUT2D eigenvalue weighted by Crippen LogP contribution is -2.51. The van der Waals surface area contributed by atoms with E-state index in [2.05, 4.69) is 58.1 Å². The summed E-state index contributed by atoms with van der Waals surface area (Å²) in [7, 11) is -0.647. The summed E-state index contributed by atoms with van der Waals surface area (Å²) in [4.78, 5) is 30.7. The van der Waals surface area contributed by atoms with Gasteiger partial charge in [-0.2, -0.15) is 0 Å². The van der Waals surface area contributed by atoms with Gasteiger partial charge in [0, 0.05) is 65.7 Å². The predicted octanol–water partition coefficient (Wildman–Crippen LogP) is 4.74. The van der Waals surface area contributed by atoms with E-state index in [0.29, 0.717) is 30.8 Å². The first-order valence-corrected chi connectivity index (χ1v) is 19.8. The van der Waals surface area contributed by atoms with Crippen molar-refractivity contribution >= 4 is 47.4 Å². The van der Waals surface area contributed by atoms with Gasteiger partial charge in [-0.1, -0.05) is 60.7 Å². The van der Waals surface area contributed by atoms with Crippen molar-refractivity contribution in [3.8, 4) is 5.75 Å². The molecule has 1 saturated heterocycles. The van der Waals surface area contributed by atoms with E-state index < -0.39 is 13.7 Å². The molecule has 254 valence electrons. The molecule has 0 saturated carbocycles. The molecular formula is C37H42N6O5Si. The number of carbonyl (C=O) groups is 2. The van der Waals surface area contributed by atoms with Gasteiger partial charge in [-0.15, -0.1) is 5.10 Å². The van der Waals surface area contributed by atoms with Crippen LogP contribution < -0.4 is 20.6 Å². The molecule has 12 heteroatoms. The Morgan fingerprint density at radius 2 is 1.94 bits per heavy atom. The number of nitrogens with one attached hydrogen (secondary N) is 3. The third-order valence-electron chi connectivity index (χ3n) is 10.5. The molecule has 2 aliphatic rings. The molecule has 3 aromatic carbocycles. The number of aryl methyl sites for hydroxylation is 1. The van der Waals surface area contributed by atoms with E-state index >= 15 is 0 Å². The Morgan fingerprint density at radius 1 is 1.14 bits per heavy atom. The predicted molar refractivity (Wildman–Crippen MR) is 191 cm³/mol. The van der Waals surface area contributed by atoms with E-state index in [1.807, 2.05) is 67.0 Å². The Labute approximate surface area is 286 Å². The largest absolute Gasteiger partial charge is 0.497 e. The van der Waals surface area contributed by atoms with Gasteiger partial charge in [0.25, 0.3) is 5.91 Å². The quantitative estimate of drug-likeness (QED) is 0.148. The number of aromatic amines is 1. The van der Waals surface area contributed by atoms with Crippen LogP contribution in [0.15, 0.2) is 79.1 Å². The third-order valence-corrected chi connectivity index (χ3v) is 14.9. The van der Waals surface area contributed by atoms with Crippen molar-refractivity contribution in [3.63, 3.8) is 0 Å². The van der Waals surface area contributed by atoms with Crippen LogP contribution in [0.1, 0.15) is 30.2 Å². The van der Waals surface area contributed by atoms with Crippen molar-refractivity contribution in [1.29, 1.82) is 0 Å². The second-order valence-corrected chi connectivity index (χ2v) is 18.4. The van der Waals surface area contributed by atoms with Gasteiger partial charge in [0.15, 0.2) is 5.60 Å². The molecule has 49 heavy (non-hydrogen) atoms. The second kappa shape index (κ2) is 12.9. The van der Waals surface area contributed by atoms with Crippen molar-refractivity contribution in [2.24, 2.45) is 5.92 Å². The minimum Gasteiger partial charge on any atom is -0.497 e. The van der Waals surface area contributed by atoms with Crippen LogP contribution in [0.25, 0.3) is 10.9 Å². The first-order chi connectivity index (χ1) is 23.6. The normalized spacial score (nSPS) is 21.7. The molecule has 0 unspecified atom stereocenters. The van der Waals surface area contributed by atoms with Crippen LogP contribution in [0, 0.1) is 5.92 Å². The topological polar surface area (TPSA) is 143 Å². The number of hydrogen-bond donors (Lipinski definition) is 4. The number of para-hydroxylation sites is 1. The molecule has 4 atom stereocenters. The molecular weight excluding hydrogens is 637 g/mol. The smallest absolute Gasteiger partial charge is 0.261 e. The summed E-state index contributed by atoms with van der Waals surface area (Å²) in [6.45, 7) is 7.38. The van der Waals surface area contributed by atoms with Gasteiger partial charge in [0.1, 0.15) is 5.75 Å². The fraction of sp³-hybridized carbons (Fsp3) is 0.351. The highest BCUT2D eigenvalue weighted by Crippen LogP contribution is 2.59. The third kappa shape index (κ3) is 5.83. The average Bonchev–Trinajstić information content (AvgIpc) is 3.86. The van der Waals surface area contributed by atoms with Gasteiger partial charge in [0.05, 0.1) is 33.4 Å². The number of aliphatic hydroxyl groups excluding tert-OH is 1. The number of methoxy groups -OCH3 is 1. The van der Waals surface area contributed by atoms with Crippen LogP contribution in [-0.4, -0.2) is 64.8 Å². The van der Waals surface area contributed by atoms with Gasteiger partial charge in [0.2, 0.25) is 5.91 Å². The van der Waals surface area contributed by atoms with Crippen LogP contribution >= 0.6 is 0 Å². The Balaban J connectivity index is 1.20. The first kappa shape index (κ1) is 32.7. The summed E-state index contributed by atoms with van der Waals surface area (Å²) < 4.78 is 14.3. The fourth-order valence-electron chi connectivity index (χ4n) is 8.07. The highest BCUT2D eigenvalue weighted by atomic mass is 28.3. The second-order valence-electron chi connectivity index (χ2n) is 13.7. The lowest BCUT2D eigenvalue weighted by molar-refractivity contribution is -0.143. The maximum atomic E-state index is 14.1. The van der Waals surface area contributed by atoms with Gasteiger partial charge < -0.3 is 30.2 Å². The maximum Gasteiger partial charge on any atom is 0.261 e. The number of nitrogens with zero attached hydrogens (tertiary/aromatic N) is 3. The molecule has 0 bridgehead atoms. The van der Waals surface area contributed by atoms with E-state index in [1.165, 1.54) is 5.19 Å². The Bertz CT molecular complexity index is 2010. The number of carbonyl (C=O) groups excluding carboxylic acids is 2. The van der Waals surface area contributed by atoms with E-state index in [1.54, 1.807) is 11.8 Å². The summed E-state index contributed by atoms with van der Waals surface area (Å²) in [6.07, 6.45) is 4.74. The number of ether oxygens (including phenoxy) is 2. The zero-order valence-corrected chi connectivity index (χ0v) is 29.2. The summed E-state index contributed by atoms with van der Waals surface area (Å²) >= 11 is 0. The Hall–Kier alpha value is -4.78. The molecule has 11 nitrogen and oxygen atoms in total. The lowest BCUT2D eigenvalue weighted by atomic mass is 9.82. The maximum absolute atomic E-state index is 14.1. The van der Waals surface area contributed by atoms with Crippen LogP contribution in [0.4, 0.5) is 11.4 Å². The van der Waals surface area contributed by atoms with Crippen molar-refractivity contribution in [3.05, 3.63) is 95.9 Å². The summed E-state index contributed by atoms with van der Waals surface area (Å²) in [5, 5.41) is 26.3. The van der Waals surface area contributed by atoms with Crippen molar-refractivity contribution in [1.82, 2.24) is 20.0 Å². The van der Waals surface area contributed by atoms with Crippen molar-refractivity contribution < 1.29 is 24.2 Å².